The molecule has 0 amide bonds. The number of rotatable bonds is 12. The van der Waals surface area contributed by atoms with E-state index in [9.17, 15) is 17.2 Å². The highest BCUT2D eigenvalue weighted by atomic mass is 32.2. The highest BCUT2D eigenvalue weighted by Gasteiger charge is 2.16. The molecule has 3 aromatic rings. The van der Waals surface area contributed by atoms with Crippen LogP contribution in [-0.2, 0) is 32.3 Å². The number of nitrogens with one attached hydrogen (secondary N) is 1. The zero-order valence-electron chi connectivity index (χ0n) is 17.9. The van der Waals surface area contributed by atoms with Crippen LogP contribution in [0.3, 0.4) is 0 Å². The van der Waals surface area contributed by atoms with Crippen molar-refractivity contribution in [3.8, 4) is 0 Å². The first-order chi connectivity index (χ1) is 15.9. The molecule has 10 heteroatoms. The van der Waals surface area contributed by atoms with E-state index in [0.717, 1.165) is 12.0 Å². The summed E-state index contributed by atoms with van der Waals surface area (Å²) in [4.78, 5) is 6.53. The lowest BCUT2D eigenvalue weighted by atomic mass is 10.2. The van der Waals surface area contributed by atoms with Crippen LogP contribution in [0.5, 0.6) is 0 Å². The summed E-state index contributed by atoms with van der Waals surface area (Å²) in [7, 11) is -2.44. The Labute approximate surface area is 196 Å². The fraction of sp³-hybridized carbons (Fsp3) is 0.217. The van der Waals surface area contributed by atoms with Crippen LogP contribution in [0.1, 0.15) is 11.1 Å². The number of benzene rings is 3. The van der Waals surface area contributed by atoms with Gasteiger partial charge in [-0.05, 0) is 36.4 Å². The van der Waals surface area contributed by atoms with Gasteiger partial charge in [-0.15, -0.1) is 0 Å². The first-order valence-electron chi connectivity index (χ1n) is 10.0. The minimum atomic E-state index is -3.84. The van der Waals surface area contributed by atoms with E-state index in [4.69, 9.17) is 4.33 Å². The van der Waals surface area contributed by atoms with Crippen molar-refractivity contribution in [2.45, 2.75) is 18.0 Å². The summed E-state index contributed by atoms with van der Waals surface area (Å²) in [6.07, 6.45) is 0. The van der Waals surface area contributed by atoms with E-state index in [1.807, 2.05) is 4.90 Å². The molecule has 0 heterocycles. The molecule has 6 nitrogen and oxygen atoms in total. The van der Waals surface area contributed by atoms with Crippen molar-refractivity contribution in [1.82, 2.24) is 4.72 Å². The quantitative estimate of drug-likeness (QED) is 0.171. The molecule has 0 spiro atoms. The zero-order valence-corrected chi connectivity index (χ0v) is 19.5. The smallest absolute Gasteiger partial charge is 0.240 e. The molecule has 0 atom stereocenters. The molecule has 0 aliphatic heterocycles. The summed E-state index contributed by atoms with van der Waals surface area (Å²) in [5.41, 5.74) is 1.48. The summed E-state index contributed by atoms with van der Waals surface area (Å²) in [5, 5.41) is 0. The largest absolute Gasteiger partial charge is 0.366 e. The first-order valence-corrected chi connectivity index (χ1v) is 12.4. The van der Waals surface area contributed by atoms with Crippen LogP contribution in [-0.4, -0.2) is 27.8 Å². The molecule has 0 aliphatic rings. The van der Waals surface area contributed by atoms with E-state index in [2.05, 4.69) is 9.61 Å². The Bertz CT molecular complexity index is 1150. The maximum absolute atomic E-state index is 14.2. The van der Waals surface area contributed by atoms with Gasteiger partial charge in [0.2, 0.25) is 10.0 Å². The Balaban J connectivity index is 1.74. The number of hydrogen-bond acceptors (Lipinski definition) is 6. The normalized spacial score (nSPS) is 11.5. The standard InChI is InChI=1S/C23H24F2N2O4S2/c1-30-31-32-15-14-27(17-19-7-3-5-9-23(19)25)20-10-12-21(13-11-20)33(28,29)26-16-18-6-2-4-8-22(18)24/h2-13,26H,14-17H2,1H3. The van der Waals surface area contributed by atoms with E-state index < -0.39 is 15.8 Å². The van der Waals surface area contributed by atoms with E-state index >= 15 is 0 Å². The van der Waals surface area contributed by atoms with Crippen LogP contribution >= 0.6 is 12.0 Å². The molecule has 0 unspecified atom stereocenters. The summed E-state index contributed by atoms with van der Waals surface area (Å²) in [5.74, 6) is -0.263. The van der Waals surface area contributed by atoms with Gasteiger partial charge in [-0.1, -0.05) is 36.4 Å². The lowest BCUT2D eigenvalue weighted by molar-refractivity contribution is -0.160. The van der Waals surface area contributed by atoms with Crippen molar-refractivity contribution in [1.29, 1.82) is 0 Å². The maximum atomic E-state index is 14.2. The average molecular weight is 495 g/mol. The third-order valence-electron chi connectivity index (χ3n) is 4.80. The molecule has 0 fully saturated rings. The Kier molecular flexibility index (Phi) is 9.21. The predicted octanol–water partition coefficient (Wildman–Crippen LogP) is 4.68. The van der Waals surface area contributed by atoms with Crippen molar-refractivity contribution in [2.24, 2.45) is 0 Å². The van der Waals surface area contributed by atoms with Crippen LogP contribution < -0.4 is 9.62 Å². The van der Waals surface area contributed by atoms with Gasteiger partial charge in [0.25, 0.3) is 0 Å². The number of halogens is 2. The highest BCUT2D eigenvalue weighted by molar-refractivity contribution is 7.94. The van der Waals surface area contributed by atoms with Gasteiger partial charge in [-0.3, -0.25) is 0 Å². The van der Waals surface area contributed by atoms with Gasteiger partial charge in [0.15, 0.2) is 0 Å². The van der Waals surface area contributed by atoms with E-state index in [1.165, 1.54) is 37.4 Å². The molecular formula is C23H24F2N2O4S2. The van der Waals surface area contributed by atoms with Crippen molar-refractivity contribution >= 4 is 27.8 Å². The highest BCUT2D eigenvalue weighted by Crippen LogP contribution is 2.22. The van der Waals surface area contributed by atoms with Gasteiger partial charge < -0.3 is 4.90 Å². The third-order valence-corrected chi connectivity index (χ3v) is 6.80. The summed E-state index contributed by atoms with van der Waals surface area (Å²) >= 11 is 1.11. The minimum Gasteiger partial charge on any atom is -0.366 e. The topological polar surface area (TPSA) is 67.9 Å². The van der Waals surface area contributed by atoms with E-state index in [1.54, 1.807) is 42.5 Å². The van der Waals surface area contributed by atoms with Gasteiger partial charge in [0, 0.05) is 54.2 Å². The molecule has 0 aromatic heterocycles. The van der Waals surface area contributed by atoms with Crippen molar-refractivity contribution < 1.29 is 26.4 Å². The van der Waals surface area contributed by atoms with Gasteiger partial charge in [0.1, 0.15) is 11.6 Å². The van der Waals surface area contributed by atoms with Crippen LogP contribution in [0.2, 0.25) is 0 Å². The Morgan fingerprint density at radius 3 is 2.12 bits per heavy atom. The van der Waals surface area contributed by atoms with Crippen LogP contribution in [0.15, 0.2) is 77.7 Å². The lowest BCUT2D eigenvalue weighted by Gasteiger charge is -2.25. The molecule has 3 rings (SSSR count). The average Bonchev–Trinajstić information content (AvgIpc) is 2.82. The Morgan fingerprint density at radius 1 is 0.909 bits per heavy atom. The molecule has 0 bridgehead atoms. The third kappa shape index (κ3) is 7.24. The molecule has 176 valence electrons. The van der Waals surface area contributed by atoms with Crippen LogP contribution in [0.25, 0.3) is 0 Å². The first kappa shape index (κ1) is 25.1. The van der Waals surface area contributed by atoms with Gasteiger partial charge in [0.05, 0.1) is 12.0 Å². The van der Waals surface area contributed by atoms with Crippen LogP contribution in [0.4, 0.5) is 14.5 Å². The molecule has 0 saturated heterocycles. The fourth-order valence-electron chi connectivity index (χ4n) is 3.10. The van der Waals surface area contributed by atoms with E-state index in [-0.39, 0.29) is 29.4 Å². The Hall–Kier alpha value is -2.50. The monoisotopic (exact) mass is 494 g/mol. The molecule has 0 aliphatic carbocycles. The maximum Gasteiger partial charge on any atom is 0.240 e. The molecule has 0 saturated carbocycles. The van der Waals surface area contributed by atoms with E-state index in [0.29, 0.717) is 23.5 Å². The lowest BCUT2D eigenvalue weighted by Crippen LogP contribution is -2.26. The number of sulfonamides is 1. The van der Waals surface area contributed by atoms with Crippen molar-refractivity contribution in [3.05, 3.63) is 95.6 Å². The molecule has 33 heavy (non-hydrogen) atoms. The number of anilines is 1. The Morgan fingerprint density at radius 2 is 1.52 bits per heavy atom. The van der Waals surface area contributed by atoms with Gasteiger partial charge >= 0.3 is 0 Å². The summed E-state index contributed by atoms with van der Waals surface area (Å²) in [6, 6.07) is 18.7. The minimum absolute atomic E-state index is 0.0468. The van der Waals surface area contributed by atoms with Crippen molar-refractivity contribution in [3.63, 3.8) is 0 Å². The second-order valence-corrected chi connectivity index (χ2v) is 9.53. The summed E-state index contributed by atoms with van der Waals surface area (Å²) in [6.45, 7) is 0.630. The number of hydrogen-bond donors (Lipinski definition) is 1. The molecule has 3 aromatic carbocycles. The second-order valence-electron chi connectivity index (χ2n) is 6.98. The van der Waals surface area contributed by atoms with Crippen LogP contribution in [0, 0.1) is 11.6 Å². The molecular weight excluding hydrogens is 470 g/mol. The van der Waals surface area contributed by atoms with Crippen molar-refractivity contribution in [2.75, 3.05) is 24.3 Å². The zero-order chi connectivity index (χ0) is 23.7. The fourth-order valence-corrected chi connectivity index (χ4v) is 4.56. The second kappa shape index (κ2) is 12.1. The predicted molar refractivity (Wildman–Crippen MR) is 125 cm³/mol. The molecule has 0 radical (unpaired) electrons. The van der Waals surface area contributed by atoms with Gasteiger partial charge in [-0.2, -0.15) is 4.33 Å². The van der Waals surface area contributed by atoms with Gasteiger partial charge in [-0.25, -0.2) is 26.8 Å². The summed E-state index contributed by atoms with van der Waals surface area (Å²) < 4.78 is 60.5. The number of nitrogens with zero attached hydrogens (tertiary/aromatic N) is 1. The molecule has 1 N–H and O–H groups in total. The SMILES string of the molecule is COOSCCN(Cc1ccccc1F)c1ccc(S(=O)(=O)NCc2ccccc2F)cc1.